The van der Waals surface area contributed by atoms with E-state index < -0.39 is 0 Å². The third-order valence-electron chi connectivity index (χ3n) is 4.70. The van der Waals surface area contributed by atoms with Gasteiger partial charge >= 0.3 is 0 Å². The Bertz CT molecular complexity index is 790. The third kappa shape index (κ3) is 4.71. The van der Waals surface area contributed by atoms with Crippen molar-refractivity contribution in [2.45, 2.75) is 20.3 Å². The van der Waals surface area contributed by atoms with Crippen molar-refractivity contribution in [2.24, 2.45) is 0 Å². The Morgan fingerprint density at radius 2 is 1.75 bits per heavy atom. The Hall–Kier alpha value is -2.40. The second kappa shape index (κ2) is 9.69. The second-order valence-electron chi connectivity index (χ2n) is 6.68. The van der Waals surface area contributed by atoms with Crippen LogP contribution in [0.25, 0.3) is 0 Å². The van der Waals surface area contributed by atoms with E-state index in [1.807, 2.05) is 36.9 Å². The summed E-state index contributed by atoms with van der Waals surface area (Å²) in [5.74, 6) is 1.00. The maximum Gasteiger partial charge on any atom is 0.254 e. The number of carbonyl (C=O) groups is 1. The lowest BCUT2D eigenvalue weighted by atomic mass is 10.1. The van der Waals surface area contributed by atoms with E-state index >= 15 is 0 Å². The van der Waals surface area contributed by atoms with Crippen LogP contribution in [0.4, 0.5) is 5.69 Å². The van der Waals surface area contributed by atoms with Crippen LogP contribution in [0.5, 0.6) is 11.5 Å². The molecule has 0 N–H and O–H groups in total. The molecule has 0 radical (unpaired) electrons. The number of para-hydroxylation sites is 1. The minimum atomic E-state index is -0.0300. The lowest BCUT2D eigenvalue weighted by Crippen LogP contribution is -2.48. The third-order valence-corrected chi connectivity index (χ3v) is 4.98. The Morgan fingerprint density at radius 3 is 2.39 bits per heavy atom. The van der Waals surface area contributed by atoms with Crippen molar-refractivity contribution in [1.82, 2.24) is 4.90 Å². The number of amides is 1. The summed E-state index contributed by atoms with van der Waals surface area (Å²) in [5, 5.41) is 0.408. The molecule has 6 heteroatoms. The lowest BCUT2D eigenvalue weighted by Gasteiger charge is -2.36. The maximum atomic E-state index is 13.0. The van der Waals surface area contributed by atoms with Gasteiger partial charge in [0.05, 0.1) is 18.2 Å². The Morgan fingerprint density at radius 1 is 1.04 bits per heavy atom. The van der Waals surface area contributed by atoms with Crippen molar-refractivity contribution in [3.8, 4) is 11.5 Å². The van der Waals surface area contributed by atoms with Crippen molar-refractivity contribution in [1.29, 1.82) is 0 Å². The molecule has 5 nitrogen and oxygen atoms in total. The van der Waals surface area contributed by atoms with Crippen molar-refractivity contribution < 1.29 is 14.3 Å². The van der Waals surface area contributed by atoms with Gasteiger partial charge in [-0.25, -0.2) is 0 Å². The van der Waals surface area contributed by atoms with Crippen LogP contribution in [0, 0.1) is 0 Å². The number of carbonyl (C=O) groups excluding carboxylic acids is 1. The van der Waals surface area contributed by atoms with E-state index in [0.29, 0.717) is 48.4 Å². The molecule has 1 saturated heterocycles. The zero-order valence-corrected chi connectivity index (χ0v) is 17.2. The zero-order chi connectivity index (χ0) is 19.9. The zero-order valence-electron chi connectivity index (χ0n) is 16.5. The van der Waals surface area contributed by atoms with Crippen molar-refractivity contribution in [3.05, 3.63) is 53.1 Å². The number of piperazine rings is 1. The van der Waals surface area contributed by atoms with Gasteiger partial charge in [-0.3, -0.25) is 4.79 Å². The van der Waals surface area contributed by atoms with Gasteiger partial charge in [0.2, 0.25) is 0 Å². The van der Waals surface area contributed by atoms with Crippen LogP contribution in [0.3, 0.4) is 0 Å². The fraction of sp³-hybridized carbons (Fsp3) is 0.409. The fourth-order valence-corrected chi connectivity index (χ4v) is 3.55. The molecule has 1 fully saturated rings. The van der Waals surface area contributed by atoms with E-state index in [-0.39, 0.29) is 5.91 Å². The summed E-state index contributed by atoms with van der Waals surface area (Å²) in [6, 6.07) is 13.7. The first kappa shape index (κ1) is 20.3. The van der Waals surface area contributed by atoms with Gasteiger partial charge in [-0.2, -0.15) is 0 Å². The highest BCUT2D eigenvalue weighted by Gasteiger charge is 2.24. The largest absolute Gasteiger partial charge is 0.490 e. The number of hydrogen-bond donors (Lipinski definition) is 0. The molecule has 28 heavy (non-hydrogen) atoms. The molecule has 0 bridgehead atoms. The molecule has 0 aliphatic carbocycles. The number of nitrogens with zero attached hydrogens (tertiary/aromatic N) is 2. The first-order chi connectivity index (χ1) is 13.6. The van der Waals surface area contributed by atoms with Crippen LogP contribution in [-0.2, 0) is 0 Å². The van der Waals surface area contributed by atoms with Gasteiger partial charge in [0.15, 0.2) is 11.5 Å². The molecule has 2 aromatic rings. The van der Waals surface area contributed by atoms with E-state index in [2.05, 4.69) is 17.0 Å². The predicted molar refractivity (Wildman–Crippen MR) is 113 cm³/mol. The van der Waals surface area contributed by atoms with Crippen LogP contribution in [-0.4, -0.2) is 50.2 Å². The molecule has 0 unspecified atom stereocenters. The van der Waals surface area contributed by atoms with E-state index in [9.17, 15) is 4.79 Å². The molecule has 1 heterocycles. The quantitative estimate of drug-likeness (QED) is 0.684. The highest BCUT2D eigenvalue weighted by Crippen LogP contribution is 2.37. The van der Waals surface area contributed by atoms with Gasteiger partial charge < -0.3 is 19.3 Å². The van der Waals surface area contributed by atoms with Crippen LogP contribution in [0.1, 0.15) is 30.6 Å². The van der Waals surface area contributed by atoms with Gasteiger partial charge in [-0.1, -0.05) is 36.7 Å². The molecule has 1 aliphatic rings. The number of rotatable bonds is 7. The molecule has 0 spiro atoms. The highest BCUT2D eigenvalue weighted by molar-refractivity contribution is 6.32. The van der Waals surface area contributed by atoms with Gasteiger partial charge in [0.1, 0.15) is 0 Å². The Balaban J connectivity index is 1.72. The van der Waals surface area contributed by atoms with E-state index in [1.54, 1.807) is 12.1 Å². The number of halogens is 1. The van der Waals surface area contributed by atoms with Crippen LogP contribution in [0.15, 0.2) is 42.5 Å². The standard InChI is InChI=1S/C22H27ClN2O3/c1-3-14-28-21-19(23)15-17(16-20(21)27-4-2)22(26)25-12-10-24(11-13-25)18-8-6-5-7-9-18/h5-9,15-16H,3-4,10-14H2,1-2H3. The highest BCUT2D eigenvalue weighted by atomic mass is 35.5. The average molecular weight is 403 g/mol. The lowest BCUT2D eigenvalue weighted by molar-refractivity contribution is 0.0746. The first-order valence-corrected chi connectivity index (χ1v) is 10.2. The summed E-state index contributed by atoms with van der Waals surface area (Å²) in [6.45, 7) is 7.91. The topological polar surface area (TPSA) is 42.0 Å². The fourth-order valence-electron chi connectivity index (χ4n) is 3.29. The SMILES string of the molecule is CCCOc1c(Cl)cc(C(=O)N2CCN(c3ccccc3)CC2)cc1OCC. The van der Waals surface area contributed by atoms with Crippen LogP contribution >= 0.6 is 11.6 Å². The van der Waals surface area contributed by atoms with Gasteiger partial charge in [-0.05, 0) is 37.6 Å². The predicted octanol–water partition coefficient (Wildman–Crippen LogP) is 4.49. The molecule has 150 valence electrons. The average Bonchev–Trinajstić information content (AvgIpc) is 2.73. The summed E-state index contributed by atoms with van der Waals surface area (Å²) in [4.78, 5) is 17.2. The normalized spacial score (nSPS) is 14.1. The van der Waals surface area contributed by atoms with Crippen molar-refractivity contribution in [2.75, 3.05) is 44.3 Å². The number of anilines is 1. The van der Waals surface area contributed by atoms with Crippen LogP contribution < -0.4 is 14.4 Å². The summed E-state index contributed by atoms with van der Waals surface area (Å²) >= 11 is 6.41. The molecular weight excluding hydrogens is 376 g/mol. The molecule has 1 aliphatic heterocycles. The maximum absolute atomic E-state index is 13.0. The van der Waals surface area contributed by atoms with Gasteiger partial charge in [0, 0.05) is 37.4 Å². The first-order valence-electron chi connectivity index (χ1n) is 9.82. The summed E-state index contributed by atoms with van der Waals surface area (Å²) < 4.78 is 11.4. The molecule has 3 rings (SSSR count). The molecular formula is C22H27ClN2O3. The molecule has 0 atom stereocenters. The summed E-state index contributed by atoms with van der Waals surface area (Å²) in [6.07, 6.45) is 0.869. The van der Waals surface area contributed by atoms with E-state index in [1.165, 1.54) is 5.69 Å². The Kier molecular flexibility index (Phi) is 7.04. The minimum Gasteiger partial charge on any atom is -0.490 e. The summed E-state index contributed by atoms with van der Waals surface area (Å²) in [7, 11) is 0. The molecule has 0 aromatic heterocycles. The van der Waals surface area contributed by atoms with Crippen LogP contribution in [0.2, 0.25) is 5.02 Å². The smallest absolute Gasteiger partial charge is 0.254 e. The summed E-state index contributed by atoms with van der Waals surface area (Å²) in [5.41, 5.74) is 1.72. The monoisotopic (exact) mass is 402 g/mol. The minimum absolute atomic E-state index is 0.0300. The van der Waals surface area contributed by atoms with E-state index in [4.69, 9.17) is 21.1 Å². The number of hydrogen-bond acceptors (Lipinski definition) is 4. The van der Waals surface area contributed by atoms with Crippen molar-refractivity contribution >= 4 is 23.2 Å². The number of benzene rings is 2. The molecule has 0 saturated carbocycles. The molecule has 1 amide bonds. The van der Waals surface area contributed by atoms with Crippen molar-refractivity contribution in [3.63, 3.8) is 0 Å². The number of ether oxygens (including phenoxy) is 2. The Labute approximate surface area is 171 Å². The van der Waals surface area contributed by atoms with E-state index in [0.717, 1.165) is 19.5 Å². The van der Waals surface area contributed by atoms with Gasteiger partial charge in [0.25, 0.3) is 5.91 Å². The van der Waals surface area contributed by atoms with Gasteiger partial charge in [-0.15, -0.1) is 0 Å². The second-order valence-corrected chi connectivity index (χ2v) is 7.09. The molecule has 2 aromatic carbocycles.